The SMILES string of the molecule is CC.Nc1nc(C(=CS)C(=O)O)cs1. The van der Waals surface area contributed by atoms with E-state index in [1.54, 1.807) is 5.38 Å². The number of aromatic nitrogens is 1. The van der Waals surface area contributed by atoms with Gasteiger partial charge in [0.15, 0.2) is 5.13 Å². The summed E-state index contributed by atoms with van der Waals surface area (Å²) in [6.07, 6.45) is 0. The molecule has 0 aliphatic heterocycles. The van der Waals surface area contributed by atoms with Gasteiger partial charge in [0.05, 0.1) is 11.3 Å². The Kier molecular flexibility index (Phi) is 5.98. The van der Waals surface area contributed by atoms with Crippen molar-refractivity contribution in [3.8, 4) is 0 Å². The van der Waals surface area contributed by atoms with Crippen molar-refractivity contribution in [1.29, 1.82) is 0 Å². The summed E-state index contributed by atoms with van der Waals surface area (Å²) in [5.74, 6) is -1.06. The highest BCUT2D eigenvalue weighted by Crippen LogP contribution is 2.19. The highest BCUT2D eigenvalue weighted by molar-refractivity contribution is 7.83. The number of nitrogens with two attached hydrogens (primary N) is 1. The smallest absolute Gasteiger partial charge is 0.338 e. The van der Waals surface area contributed by atoms with Crippen molar-refractivity contribution in [3.05, 3.63) is 16.5 Å². The Balaban J connectivity index is 0.000000791. The number of anilines is 1. The van der Waals surface area contributed by atoms with Gasteiger partial charge < -0.3 is 10.8 Å². The van der Waals surface area contributed by atoms with Gasteiger partial charge in [-0.3, -0.25) is 0 Å². The summed E-state index contributed by atoms with van der Waals surface area (Å²) in [5, 5.41) is 11.8. The zero-order valence-electron chi connectivity index (χ0n) is 7.89. The minimum Gasteiger partial charge on any atom is -0.478 e. The van der Waals surface area contributed by atoms with Gasteiger partial charge in [0.2, 0.25) is 0 Å². The second kappa shape index (κ2) is 6.44. The third-order valence-corrected chi connectivity index (χ3v) is 2.09. The van der Waals surface area contributed by atoms with Crippen LogP contribution in [0.2, 0.25) is 0 Å². The summed E-state index contributed by atoms with van der Waals surface area (Å²) >= 11 is 4.95. The van der Waals surface area contributed by atoms with Crippen LogP contribution in [0.25, 0.3) is 5.57 Å². The molecule has 1 rings (SSSR count). The van der Waals surface area contributed by atoms with Crippen molar-refractivity contribution < 1.29 is 9.90 Å². The average Bonchev–Trinajstić information content (AvgIpc) is 2.56. The molecule has 0 radical (unpaired) electrons. The van der Waals surface area contributed by atoms with Gasteiger partial charge in [0, 0.05) is 5.38 Å². The minimum atomic E-state index is -1.06. The number of aliphatic carboxylic acids is 1. The number of nitrogen functional groups attached to an aromatic ring is 1. The molecule has 0 atom stereocenters. The molecule has 14 heavy (non-hydrogen) atoms. The zero-order chi connectivity index (χ0) is 11.1. The number of rotatable bonds is 2. The Hall–Kier alpha value is -1.01. The van der Waals surface area contributed by atoms with Gasteiger partial charge in [0.1, 0.15) is 0 Å². The second-order valence-corrected chi connectivity index (χ2v) is 3.07. The van der Waals surface area contributed by atoms with Crippen LogP contribution in [-0.2, 0) is 4.79 Å². The monoisotopic (exact) mass is 232 g/mol. The first kappa shape index (κ1) is 13.0. The van der Waals surface area contributed by atoms with E-state index in [9.17, 15) is 4.79 Å². The maximum absolute atomic E-state index is 10.5. The third-order valence-electron chi connectivity index (χ3n) is 1.16. The molecule has 0 aromatic carbocycles. The molecule has 0 unspecified atom stereocenters. The van der Waals surface area contributed by atoms with E-state index in [0.717, 1.165) is 0 Å². The molecule has 1 aromatic rings. The molecule has 4 nitrogen and oxygen atoms in total. The summed E-state index contributed by atoms with van der Waals surface area (Å²) in [5.41, 5.74) is 5.73. The maximum Gasteiger partial charge on any atom is 0.338 e. The van der Waals surface area contributed by atoms with E-state index in [4.69, 9.17) is 10.8 Å². The Labute approximate surface area is 91.9 Å². The van der Waals surface area contributed by atoms with Gasteiger partial charge in [-0.1, -0.05) is 13.8 Å². The standard InChI is InChI=1S/C6H6N2O2S2.C2H6/c7-6-8-4(2-12-6)3(1-11)5(9)10;1-2/h1-2,11H,(H2,7,8)(H,9,10);1-2H3. The molecule has 0 saturated heterocycles. The number of thiol groups is 1. The number of carboxylic acids is 1. The molecule has 0 aliphatic rings. The predicted molar refractivity (Wildman–Crippen MR) is 62.5 cm³/mol. The first-order valence-corrected chi connectivity index (χ1v) is 5.34. The molecule has 1 heterocycles. The van der Waals surface area contributed by atoms with E-state index in [2.05, 4.69) is 17.6 Å². The van der Waals surface area contributed by atoms with Crippen molar-refractivity contribution >= 4 is 40.6 Å². The summed E-state index contributed by atoms with van der Waals surface area (Å²) in [4.78, 5) is 14.3. The molecule has 78 valence electrons. The van der Waals surface area contributed by atoms with E-state index >= 15 is 0 Å². The predicted octanol–water partition coefficient (Wildman–Crippen LogP) is 2.11. The Morgan fingerprint density at radius 3 is 2.57 bits per heavy atom. The fourth-order valence-corrected chi connectivity index (χ4v) is 1.45. The Morgan fingerprint density at radius 2 is 2.29 bits per heavy atom. The molecule has 1 aromatic heterocycles. The molecule has 0 saturated carbocycles. The van der Waals surface area contributed by atoms with E-state index in [1.807, 2.05) is 13.8 Å². The quantitative estimate of drug-likeness (QED) is 0.539. The Morgan fingerprint density at radius 1 is 1.71 bits per heavy atom. The molecular weight excluding hydrogens is 220 g/mol. The lowest BCUT2D eigenvalue weighted by molar-refractivity contribution is -0.130. The van der Waals surface area contributed by atoms with Gasteiger partial charge in [-0.25, -0.2) is 9.78 Å². The van der Waals surface area contributed by atoms with Crippen molar-refractivity contribution in [3.63, 3.8) is 0 Å². The number of carboxylic acid groups (broad SMARTS) is 1. The summed E-state index contributed by atoms with van der Waals surface area (Å²) in [6, 6.07) is 0. The summed E-state index contributed by atoms with van der Waals surface area (Å²) < 4.78 is 0. The fraction of sp³-hybridized carbons (Fsp3) is 0.250. The largest absolute Gasteiger partial charge is 0.478 e. The van der Waals surface area contributed by atoms with Crippen LogP contribution in [0, 0.1) is 0 Å². The lowest BCUT2D eigenvalue weighted by Gasteiger charge is -1.93. The van der Waals surface area contributed by atoms with Crippen LogP contribution >= 0.6 is 24.0 Å². The van der Waals surface area contributed by atoms with Crippen molar-refractivity contribution in [2.24, 2.45) is 0 Å². The van der Waals surface area contributed by atoms with Gasteiger partial charge in [-0.2, -0.15) is 12.6 Å². The van der Waals surface area contributed by atoms with Crippen molar-refractivity contribution in [2.75, 3.05) is 5.73 Å². The molecule has 6 heteroatoms. The molecular formula is C8H12N2O2S2. The van der Waals surface area contributed by atoms with Crippen LogP contribution in [0.5, 0.6) is 0 Å². The molecule has 0 aliphatic carbocycles. The second-order valence-electron chi connectivity index (χ2n) is 1.92. The van der Waals surface area contributed by atoms with Crippen LogP contribution in [0.1, 0.15) is 19.5 Å². The summed E-state index contributed by atoms with van der Waals surface area (Å²) in [6.45, 7) is 4.00. The van der Waals surface area contributed by atoms with Crippen LogP contribution in [0.4, 0.5) is 5.13 Å². The molecule has 0 bridgehead atoms. The number of thiazole rings is 1. The number of carbonyl (C=O) groups is 1. The average molecular weight is 232 g/mol. The van der Waals surface area contributed by atoms with Crippen LogP contribution in [-0.4, -0.2) is 16.1 Å². The van der Waals surface area contributed by atoms with E-state index in [0.29, 0.717) is 10.8 Å². The van der Waals surface area contributed by atoms with Crippen LogP contribution in [0.3, 0.4) is 0 Å². The van der Waals surface area contributed by atoms with Crippen molar-refractivity contribution in [1.82, 2.24) is 4.98 Å². The third kappa shape index (κ3) is 3.39. The summed E-state index contributed by atoms with van der Waals surface area (Å²) in [7, 11) is 0. The molecule has 0 amide bonds. The van der Waals surface area contributed by atoms with Gasteiger partial charge >= 0.3 is 5.97 Å². The number of hydrogen-bond donors (Lipinski definition) is 3. The maximum atomic E-state index is 10.5. The highest BCUT2D eigenvalue weighted by Gasteiger charge is 2.11. The van der Waals surface area contributed by atoms with Gasteiger partial charge in [-0.05, 0) is 5.41 Å². The lowest BCUT2D eigenvalue weighted by atomic mass is 10.2. The highest BCUT2D eigenvalue weighted by atomic mass is 32.1. The molecule has 0 spiro atoms. The van der Waals surface area contributed by atoms with Gasteiger partial charge in [-0.15, -0.1) is 11.3 Å². The fourth-order valence-electron chi connectivity index (χ4n) is 0.642. The first-order chi connectivity index (χ1) is 6.65. The molecule has 3 N–H and O–H groups in total. The normalized spacial score (nSPS) is 10.4. The number of nitrogens with zero attached hydrogens (tertiary/aromatic N) is 1. The van der Waals surface area contributed by atoms with Gasteiger partial charge in [0.25, 0.3) is 0 Å². The van der Waals surface area contributed by atoms with E-state index in [1.165, 1.54) is 16.7 Å². The van der Waals surface area contributed by atoms with E-state index in [-0.39, 0.29) is 5.57 Å². The molecule has 0 fully saturated rings. The van der Waals surface area contributed by atoms with Crippen molar-refractivity contribution in [2.45, 2.75) is 13.8 Å². The first-order valence-electron chi connectivity index (χ1n) is 3.94. The zero-order valence-corrected chi connectivity index (χ0v) is 9.60. The number of hydrogen-bond acceptors (Lipinski definition) is 5. The lowest BCUT2D eigenvalue weighted by Crippen LogP contribution is -1.99. The van der Waals surface area contributed by atoms with Crippen LogP contribution in [0.15, 0.2) is 10.8 Å². The minimum absolute atomic E-state index is 0.0475. The topological polar surface area (TPSA) is 76.2 Å². The van der Waals surface area contributed by atoms with Crippen LogP contribution < -0.4 is 5.73 Å². The Bertz CT molecular complexity index is 334. The van der Waals surface area contributed by atoms with E-state index < -0.39 is 5.97 Å².